The number of alkyl halides is 1. The van der Waals surface area contributed by atoms with Crippen molar-refractivity contribution in [2.75, 3.05) is 13.2 Å². The number of halogens is 2. The molecule has 1 aliphatic rings. The van der Waals surface area contributed by atoms with Crippen molar-refractivity contribution in [2.24, 2.45) is 5.92 Å². The lowest BCUT2D eigenvalue weighted by molar-refractivity contribution is -0.140. The van der Waals surface area contributed by atoms with Crippen LogP contribution in [0.5, 0.6) is 5.75 Å². The van der Waals surface area contributed by atoms with Crippen LogP contribution in [0.25, 0.3) is 0 Å². The third-order valence-corrected chi connectivity index (χ3v) is 4.20. The number of carbonyl (C=O) groups excluding carboxylic acids is 1. The van der Waals surface area contributed by atoms with Crippen LogP contribution in [-0.4, -0.2) is 24.6 Å². The van der Waals surface area contributed by atoms with E-state index in [0.29, 0.717) is 30.6 Å². The molecule has 1 fully saturated rings. The second-order valence-electron chi connectivity index (χ2n) is 5.47. The van der Waals surface area contributed by atoms with Gasteiger partial charge in [-0.25, -0.2) is 0 Å². The first-order valence-corrected chi connectivity index (χ1v) is 8.04. The molecule has 2 atom stereocenters. The van der Waals surface area contributed by atoms with Crippen molar-refractivity contribution >= 4 is 29.2 Å². The molecule has 2 rings (SSSR count). The van der Waals surface area contributed by atoms with Crippen LogP contribution in [0.3, 0.4) is 0 Å². The maximum Gasteiger partial charge on any atom is 0.302 e. The normalized spacial score (nSPS) is 21.3. The standard InChI is InChI=1S/C16H20Cl2O3/c1-11(19)20-5-4-12-6-15(18)9-16(8-12)21-10-13-2-3-14(17)7-13/h6,8-9,13-14H,2-5,7,10H2,1H3. The summed E-state index contributed by atoms with van der Waals surface area (Å²) in [7, 11) is 0. The summed E-state index contributed by atoms with van der Waals surface area (Å²) < 4.78 is 10.8. The summed E-state index contributed by atoms with van der Waals surface area (Å²) in [4.78, 5) is 10.8. The Hall–Kier alpha value is -0.930. The van der Waals surface area contributed by atoms with Gasteiger partial charge in [0.25, 0.3) is 0 Å². The Bertz CT molecular complexity index is 490. The summed E-state index contributed by atoms with van der Waals surface area (Å²) in [5, 5.41) is 0.921. The number of rotatable bonds is 6. The fourth-order valence-electron chi connectivity index (χ4n) is 2.54. The van der Waals surface area contributed by atoms with Gasteiger partial charge in [0.2, 0.25) is 0 Å². The summed E-state index contributed by atoms with van der Waals surface area (Å²) in [6.45, 7) is 2.43. The van der Waals surface area contributed by atoms with Crippen molar-refractivity contribution < 1.29 is 14.3 Å². The molecule has 2 unspecified atom stereocenters. The third kappa shape index (κ3) is 5.76. The first-order valence-electron chi connectivity index (χ1n) is 7.22. The minimum Gasteiger partial charge on any atom is -0.493 e. The van der Waals surface area contributed by atoms with Gasteiger partial charge in [0, 0.05) is 23.7 Å². The minimum atomic E-state index is -0.273. The molecule has 116 valence electrons. The Morgan fingerprint density at radius 3 is 2.81 bits per heavy atom. The molecule has 5 heteroatoms. The highest BCUT2D eigenvalue weighted by Gasteiger charge is 2.23. The number of ether oxygens (including phenoxy) is 2. The number of benzene rings is 1. The molecule has 0 N–H and O–H groups in total. The van der Waals surface area contributed by atoms with E-state index in [1.165, 1.54) is 6.92 Å². The topological polar surface area (TPSA) is 35.5 Å². The maximum atomic E-state index is 10.8. The summed E-state index contributed by atoms with van der Waals surface area (Å²) in [5.74, 6) is 1.01. The van der Waals surface area contributed by atoms with E-state index in [0.717, 1.165) is 30.6 Å². The average Bonchev–Trinajstić information content (AvgIpc) is 2.81. The molecule has 0 radical (unpaired) electrons. The van der Waals surface area contributed by atoms with Crippen LogP contribution in [0.15, 0.2) is 18.2 Å². The highest BCUT2D eigenvalue weighted by atomic mass is 35.5. The van der Waals surface area contributed by atoms with E-state index < -0.39 is 0 Å². The molecule has 0 spiro atoms. The Morgan fingerprint density at radius 1 is 1.33 bits per heavy atom. The van der Waals surface area contributed by atoms with E-state index in [1.54, 1.807) is 0 Å². The van der Waals surface area contributed by atoms with Crippen LogP contribution in [0.4, 0.5) is 0 Å². The van der Waals surface area contributed by atoms with Gasteiger partial charge < -0.3 is 9.47 Å². The van der Waals surface area contributed by atoms with Crippen molar-refractivity contribution in [1.29, 1.82) is 0 Å². The zero-order chi connectivity index (χ0) is 15.2. The second kappa shape index (κ2) is 7.90. The Morgan fingerprint density at radius 2 is 2.14 bits per heavy atom. The van der Waals surface area contributed by atoms with Gasteiger partial charge in [-0.1, -0.05) is 11.6 Å². The molecule has 0 saturated heterocycles. The van der Waals surface area contributed by atoms with Gasteiger partial charge in [-0.3, -0.25) is 4.79 Å². The largest absolute Gasteiger partial charge is 0.493 e. The molecule has 0 bridgehead atoms. The first kappa shape index (κ1) is 16.4. The van der Waals surface area contributed by atoms with Crippen molar-refractivity contribution in [2.45, 2.75) is 38.0 Å². The third-order valence-electron chi connectivity index (χ3n) is 3.59. The summed E-state index contributed by atoms with van der Waals surface area (Å²) >= 11 is 12.2. The molecule has 0 amide bonds. The second-order valence-corrected chi connectivity index (χ2v) is 6.53. The van der Waals surface area contributed by atoms with Crippen molar-refractivity contribution in [3.8, 4) is 5.75 Å². The summed E-state index contributed by atoms with van der Waals surface area (Å²) in [5.41, 5.74) is 1.00. The fraction of sp³-hybridized carbons (Fsp3) is 0.562. The number of hydrogen-bond acceptors (Lipinski definition) is 3. The van der Waals surface area contributed by atoms with Crippen LogP contribution in [0.1, 0.15) is 31.7 Å². The smallest absolute Gasteiger partial charge is 0.302 e. The molecule has 1 saturated carbocycles. The molecule has 21 heavy (non-hydrogen) atoms. The predicted molar refractivity (Wildman–Crippen MR) is 84.3 cm³/mol. The van der Waals surface area contributed by atoms with Crippen molar-refractivity contribution in [3.05, 3.63) is 28.8 Å². The zero-order valence-electron chi connectivity index (χ0n) is 12.1. The molecular weight excluding hydrogens is 311 g/mol. The monoisotopic (exact) mass is 330 g/mol. The van der Waals surface area contributed by atoms with Gasteiger partial charge in [0.15, 0.2) is 0 Å². The lowest BCUT2D eigenvalue weighted by Gasteiger charge is -2.13. The average molecular weight is 331 g/mol. The highest BCUT2D eigenvalue weighted by molar-refractivity contribution is 6.30. The lowest BCUT2D eigenvalue weighted by atomic mass is 10.1. The first-order chi connectivity index (χ1) is 10.0. The summed E-state index contributed by atoms with van der Waals surface area (Å²) in [6.07, 6.45) is 3.83. The molecule has 1 aromatic rings. The molecule has 3 nitrogen and oxygen atoms in total. The van der Waals surface area contributed by atoms with Gasteiger partial charge in [-0.15, -0.1) is 11.6 Å². The van der Waals surface area contributed by atoms with E-state index >= 15 is 0 Å². The van der Waals surface area contributed by atoms with Gasteiger partial charge in [-0.05, 0) is 48.9 Å². The maximum absolute atomic E-state index is 10.8. The molecule has 0 aliphatic heterocycles. The highest BCUT2D eigenvalue weighted by Crippen LogP contribution is 2.30. The molecular formula is C16H20Cl2O3. The summed E-state index contributed by atoms with van der Waals surface area (Å²) in [6, 6.07) is 5.62. The van der Waals surface area contributed by atoms with Crippen LogP contribution in [0, 0.1) is 5.92 Å². The van der Waals surface area contributed by atoms with Gasteiger partial charge in [0.05, 0.1) is 13.2 Å². The van der Waals surface area contributed by atoms with E-state index in [9.17, 15) is 4.79 Å². The quantitative estimate of drug-likeness (QED) is 0.578. The zero-order valence-corrected chi connectivity index (χ0v) is 13.6. The van der Waals surface area contributed by atoms with Crippen LogP contribution in [-0.2, 0) is 16.0 Å². The Labute approximate surface area is 135 Å². The van der Waals surface area contributed by atoms with E-state index in [4.69, 9.17) is 32.7 Å². The fourth-order valence-corrected chi connectivity index (χ4v) is 3.17. The molecule has 0 aromatic heterocycles. The number of esters is 1. The van der Waals surface area contributed by atoms with E-state index in [1.807, 2.05) is 18.2 Å². The lowest BCUT2D eigenvalue weighted by Crippen LogP contribution is -2.09. The van der Waals surface area contributed by atoms with E-state index in [2.05, 4.69) is 0 Å². The Balaban J connectivity index is 1.87. The predicted octanol–water partition coefficient (Wildman–Crippen LogP) is 4.23. The van der Waals surface area contributed by atoms with Crippen molar-refractivity contribution in [1.82, 2.24) is 0 Å². The van der Waals surface area contributed by atoms with Crippen LogP contribution < -0.4 is 4.74 Å². The SMILES string of the molecule is CC(=O)OCCc1cc(Cl)cc(OCC2CCC(Cl)C2)c1. The van der Waals surface area contributed by atoms with Crippen molar-refractivity contribution in [3.63, 3.8) is 0 Å². The molecule has 1 aromatic carbocycles. The Kier molecular flexibility index (Phi) is 6.19. The number of hydrogen-bond donors (Lipinski definition) is 0. The van der Waals surface area contributed by atoms with Crippen LogP contribution >= 0.6 is 23.2 Å². The molecule has 1 aliphatic carbocycles. The minimum absolute atomic E-state index is 0.273. The number of carbonyl (C=O) groups is 1. The van der Waals surface area contributed by atoms with Gasteiger partial charge >= 0.3 is 5.97 Å². The van der Waals surface area contributed by atoms with Crippen LogP contribution in [0.2, 0.25) is 5.02 Å². The van der Waals surface area contributed by atoms with Gasteiger partial charge in [0.1, 0.15) is 5.75 Å². The van der Waals surface area contributed by atoms with E-state index in [-0.39, 0.29) is 11.3 Å². The van der Waals surface area contributed by atoms with Gasteiger partial charge in [-0.2, -0.15) is 0 Å². The molecule has 0 heterocycles.